The van der Waals surface area contributed by atoms with Crippen molar-refractivity contribution < 1.29 is 14.7 Å². The van der Waals surface area contributed by atoms with Crippen LogP contribution in [0, 0.1) is 0 Å². The van der Waals surface area contributed by atoms with Crippen LogP contribution in [-0.4, -0.2) is 22.1 Å². The molecule has 0 aliphatic carbocycles. The lowest BCUT2D eigenvalue weighted by Crippen LogP contribution is -2.28. The van der Waals surface area contributed by atoms with E-state index in [1.807, 2.05) is 0 Å². The highest BCUT2D eigenvalue weighted by Crippen LogP contribution is 2.30. The molecular weight excluding hydrogens is 337 g/mol. The molecule has 0 aliphatic heterocycles. The second kappa shape index (κ2) is 6.75. The first-order valence-electron chi connectivity index (χ1n) is 5.62. The summed E-state index contributed by atoms with van der Waals surface area (Å²) in [6, 6.07) is 2.00. The fourth-order valence-corrected chi connectivity index (χ4v) is 2.60. The van der Waals surface area contributed by atoms with Gasteiger partial charge in [-0.3, -0.25) is 4.98 Å². The van der Waals surface area contributed by atoms with Crippen LogP contribution < -0.4 is 10.6 Å². The lowest BCUT2D eigenvalue weighted by Gasteiger charge is -2.11. The van der Waals surface area contributed by atoms with Gasteiger partial charge in [0.1, 0.15) is 0 Å². The molecule has 6 nitrogen and oxygen atoms in total. The van der Waals surface area contributed by atoms with Gasteiger partial charge in [-0.15, -0.1) is 11.3 Å². The summed E-state index contributed by atoms with van der Waals surface area (Å²) in [5.74, 6) is -1.24. The molecule has 2 rings (SSSR count). The Bertz CT molecular complexity index is 677. The first-order chi connectivity index (χ1) is 9.97. The average Bonchev–Trinajstić information content (AvgIpc) is 2.92. The van der Waals surface area contributed by atoms with Crippen LogP contribution in [0.1, 0.15) is 15.2 Å². The maximum Gasteiger partial charge on any atom is 0.337 e. The number of rotatable bonds is 4. The van der Waals surface area contributed by atoms with Crippen molar-refractivity contribution in [1.82, 2.24) is 10.3 Å². The third-order valence-corrected chi connectivity index (χ3v) is 3.73. The number of halogens is 2. The van der Waals surface area contributed by atoms with E-state index in [2.05, 4.69) is 15.6 Å². The van der Waals surface area contributed by atoms with Gasteiger partial charge in [-0.05, 0) is 12.1 Å². The number of aromatic nitrogens is 1. The summed E-state index contributed by atoms with van der Waals surface area (Å²) < 4.78 is 0. The monoisotopic (exact) mass is 345 g/mol. The molecule has 0 fully saturated rings. The molecule has 1 aromatic carbocycles. The van der Waals surface area contributed by atoms with Crippen molar-refractivity contribution in [2.24, 2.45) is 0 Å². The molecule has 0 radical (unpaired) electrons. The summed E-state index contributed by atoms with van der Waals surface area (Å²) in [5.41, 5.74) is 1.46. The Kier molecular flexibility index (Phi) is 5.00. The van der Waals surface area contributed by atoms with Gasteiger partial charge in [0.05, 0.1) is 28.3 Å². The molecule has 0 bridgehead atoms. The number of anilines is 1. The third kappa shape index (κ3) is 4.07. The second-order valence-electron chi connectivity index (χ2n) is 3.89. The summed E-state index contributed by atoms with van der Waals surface area (Å²) in [6.07, 6.45) is 1.63. The highest BCUT2D eigenvalue weighted by atomic mass is 35.5. The van der Waals surface area contributed by atoms with Crippen molar-refractivity contribution in [2.45, 2.75) is 6.54 Å². The van der Waals surface area contributed by atoms with E-state index in [4.69, 9.17) is 28.3 Å². The molecular formula is C12H9Cl2N3O3S. The zero-order valence-electron chi connectivity index (χ0n) is 10.4. The third-order valence-electron chi connectivity index (χ3n) is 2.43. The van der Waals surface area contributed by atoms with Gasteiger partial charge in [0, 0.05) is 16.1 Å². The van der Waals surface area contributed by atoms with E-state index in [1.54, 1.807) is 11.7 Å². The highest BCUT2D eigenvalue weighted by Gasteiger charge is 2.17. The Balaban J connectivity index is 2.11. The van der Waals surface area contributed by atoms with Crippen molar-refractivity contribution >= 4 is 52.2 Å². The zero-order chi connectivity index (χ0) is 15.4. The number of amides is 2. The van der Waals surface area contributed by atoms with Crippen LogP contribution in [0.3, 0.4) is 0 Å². The van der Waals surface area contributed by atoms with Crippen molar-refractivity contribution in [2.75, 3.05) is 5.32 Å². The van der Waals surface area contributed by atoms with Gasteiger partial charge in [0.2, 0.25) is 0 Å². The Morgan fingerprint density at radius 1 is 1.33 bits per heavy atom. The summed E-state index contributed by atoms with van der Waals surface area (Å²) in [5, 5.41) is 14.3. The molecule has 1 heterocycles. The van der Waals surface area contributed by atoms with E-state index in [0.29, 0.717) is 0 Å². The molecule has 1 aromatic heterocycles. The number of carboxylic acid groups (broad SMARTS) is 1. The molecule has 0 unspecified atom stereocenters. The van der Waals surface area contributed by atoms with E-state index in [-0.39, 0.29) is 27.8 Å². The van der Waals surface area contributed by atoms with E-state index in [9.17, 15) is 9.59 Å². The van der Waals surface area contributed by atoms with Crippen LogP contribution in [0.25, 0.3) is 0 Å². The molecule has 2 aromatic rings. The smallest absolute Gasteiger partial charge is 0.337 e. The SMILES string of the molecule is O=C(NCc1cncs1)Nc1c(Cl)cc(Cl)cc1C(=O)O. The second-order valence-corrected chi connectivity index (χ2v) is 5.71. The minimum absolute atomic E-state index is 0.00429. The predicted octanol–water partition coefficient (Wildman–Crippen LogP) is 3.47. The predicted molar refractivity (Wildman–Crippen MR) is 81.4 cm³/mol. The summed E-state index contributed by atoms with van der Waals surface area (Å²) in [7, 11) is 0. The molecule has 0 atom stereocenters. The van der Waals surface area contributed by atoms with Crippen LogP contribution in [0.4, 0.5) is 10.5 Å². The van der Waals surface area contributed by atoms with Crippen LogP contribution >= 0.6 is 34.5 Å². The van der Waals surface area contributed by atoms with E-state index < -0.39 is 12.0 Å². The number of benzene rings is 1. The van der Waals surface area contributed by atoms with Gasteiger partial charge in [-0.25, -0.2) is 9.59 Å². The lowest BCUT2D eigenvalue weighted by molar-refractivity contribution is 0.0698. The fraction of sp³-hybridized carbons (Fsp3) is 0.0833. The Morgan fingerprint density at radius 3 is 2.71 bits per heavy atom. The molecule has 21 heavy (non-hydrogen) atoms. The first-order valence-corrected chi connectivity index (χ1v) is 7.25. The number of hydrogen-bond acceptors (Lipinski definition) is 4. The number of carboxylic acids is 1. The summed E-state index contributed by atoms with van der Waals surface area (Å²) in [4.78, 5) is 27.7. The number of hydrogen-bond donors (Lipinski definition) is 3. The maximum atomic E-state index is 11.8. The number of aromatic carboxylic acids is 1. The van der Waals surface area contributed by atoms with Gasteiger partial charge >= 0.3 is 12.0 Å². The molecule has 0 saturated heterocycles. The van der Waals surface area contributed by atoms with Gasteiger partial charge < -0.3 is 15.7 Å². The molecule has 9 heteroatoms. The molecule has 110 valence electrons. The summed E-state index contributed by atoms with van der Waals surface area (Å²) >= 11 is 13.1. The number of carbonyl (C=O) groups is 2. The normalized spacial score (nSPS) is 10.2. The number of nitrogens with one attached hydrogen (secondary N) is 2. The number of nitrogens with zero attached hydrogens (tertiary/aromatic N) is 1. The van der Waals surface area contributed by atoms with Crippen molar-refractivity contribution in [3.05, 3.63) is 44.3 Å². The largest absolute Gasteiger partial charge is 0.478 e. The molecule has 2 amide bonds. The van der Waals surface area contributed by atoms with Gasteiger partial charge in [0.25, 0.3) is 0 Å². The van der Waals surface area contributed by atoms with Crippen LogP contribution in [-0.2, 0) is 6.54 Å². The maximum absolute atomic E-state index is 11.8. The minimum atomic E-state index is -1.24. The first kappa shape index (κ1) is 15.6. The highest BCUT2D eigenvalue weighted by molar-refractivity contribution is 7.09. The van der Waals surface area contributed by atoms with E-state index >= 15 is 0 Å². The Hall–Kier alpha value is -1.83. The number of urea groups is 1. The number of thiazole rings is 1. The molecule has 3 N–H and O–H groups in total. The summed E-state index contributed by atoms with van der Waals surface area (Å²) in [6.45, 7) is 0.282. The van der Waals surface area contributed by atoms with E-state index in [0.717, 1.165) is 4.88 Å². The number of carbonyl (C=O) groups excluding carboxylic acids is 1. The Morgan fingerprint density at radius 2 is 2.10 bits per heavy atom. The molecule has 0 spiro atoms. The van der Waals surface area contributed by atoms with Crippen molar-refractivity contribution in [3.63, 3.8) is 0 Å². The standard InChI is InChI=1S/C12H9Cl2N3O3S/c13-6-1-8(11(18)19)10(9(14)2-6)17-12(20)16-4-7-3-15-5-21-7/h1-3,5H,4H2,(H,18,19)(H2,16,17,20). The van der Waals surface area contributed by atoms with Gasteiger partial charge in [-0.1, -0.05) is 23.2 Å². The average molecular weight is 346 g/mol. The molecule has 0 aliphatic rings. The van der Waals surface area contributed by atoms with Gasteiger partial charge in [0.15, 0.2) is 0 Å². The van der Waals surface area contributed by atoms with Crippen molar-refractivity contribution in [1.29, 1.82) is 0 Å². The molecule has 0 saturated carbocycles. The quantitative estimate of drug-likeness (QED) is 0.791. The van der Waals surface area contributed by atoms with Crippen molar-refractivity contribution in [3.8, 4) is 0 Å². The Labute approximate surface area is 133 Å². The van der Waals surface area contributed by atoms with Crippen LogP contribution in [0.2, 0.25) is 10.0 Å². The lowest BCUT2D eigenvalue weighted by atomic mass is 10.2. The fourth-order valence-electron chi connectivity index (χ4n) is 1.52. The van der Waals surface area contributed by atoms with E-state index in [1.165, 1.54) is 23.5 Å². The van der Waals surface area contributed by atoms with Gasteiger partial charge in [-0.2, -0.15) is 0 Å². The topological polar surface area (TPSA) is 91.3 Å². The van der Waals surface area contributed by atoms with Crippen LogP contribution in [0.15, 0.2) is 23.8 Å². The van der Waals surface area contributed by atoms with Crippen LogP contribution in [0.5, 0.6) is 0 Å². The minimum Gasteiger partial charge on any atom is -0.478 e. The zero-order valence-corrected chi connectivity index (χ0v) is 12.7.